The number of carbonyl (C=O) groups excluding carboxylic acids is 1. The zero-order chi connectivity index (χ0) is 19.8. The second-order valence-electron chi connectivity index (χ2n) is 8.61. The number of piperidine rings is 1. The molecule has 1 amide bonds. The van der Waals surface area contributed by atoms with Gasteiger partial charge in [-0.3, -0.25) is 19.6 Å². The molecule has 0 saturated carbocycles. The van der Waals surface area contributed by atoms with Gasteiger partial charge in [0.25, 0.3) is 0 Å². The van der Waals surface area contributed by atoms with E-state index in [1.807, 2.05) is 12.3 Å². The highest BCUT2D eigenvalue weighted by atomic mass is 16.5. The van der Waals surface area contributed by atoms with Crippen LogP contribution in [0.5, 0.6) is 0 Å². The molecule has 0 spiro atoms. The summed E-state index contributed by atoms with van der Waals surface area (Å²) in [6.07, 6.45) is 6.90. The summed E-state index contributed by atoms with van der Waals surface area (Å²) >= 11 is 0. The maximum absolute atomic E-state index is 12.9. The van der Waals surface area contributed by atoms with E-state index in [-0.39, 0.29) is 11.8 Å². The smallest absolute Gasteiger partial charge is 0.224 e. The van der Waals surface area contributed by atoms with Gasteiger partial charge in [-0.05, 0) is 43.4 Å². The molecule has 6 nitrogen and oxygen atoms in total. The highest BCUT2D eigenvalue weighted by Gasteiger charge is 2.28. The number of likely N-dealkylation sites (tertiary alicyclic amines) is 1. The Hall–Kier alpha value is -1.50. The van der Waals surface area contributed by atoms with Gasteiger partial charge < -0.3 is 10.1 Å². The van der Waals surface area contributed by atoms with Crippen LogP contribution in [-0.4, -0.2) is 72.7 Å². The van der Waals surface area contributed by atoms with Gasteiger partial charge in [0, 0.05) is 51.2 Å². The molecule has 1 aromatic heterocycles. The van der Waals surface area contributed by atoms with Crippen LogP contribution in [0.2, 0.25) is 0 Å². The van der Waals surface area contributed by atoms with E-state index >= 15 is 0 Å². The minimum absolute atomic E-state index is 0.0924. The quantitative estimate of drug-likeness (QED) is 0.740. The SMILES string of the molecule is CC(C)C[C@H](CNC(=O)[C@H]1CCCN(Cc2cccnc2)C1)N1CCOCC1. The summed E-state index contributed by atoms with van der Waals surface area (Å²) in [5.74, 6) is 0.933. The summed E-state index contributed by atoms with van der Waals surface area (Å²) in [5.41, 5.74) is 1.22. The third-order valence-corrected chi connectivity index (χ3v) is 5.82. The van der Waals surface area contributed by atoms with E-state index < -0.39 is 0 Å². The first-order valence-corrected chi connectivity index (χ1v) is 10.8. The molecule has 2 aliphatic rings. The Morgan fingerprint density at radius 3 is 2.86 bits per heavy atom. The van der Waals surface area contributed by atoms with Crippen LogP contribution in [0.15, 0.2) is 24.5 Å². The van der Waals surface area contributed by atoms with Crippen LogP contribution in [0.1, 0.15) is 38.7 Å². The molecule has 0 aliphatic carbocycles. The highest BCUT2D eigenvalue weighted by Crippen LogP contribution is 2.19. The molecular formula is C22H36N4O2. The lowest BCUT2D eigenvalue weighted by Gasteiger charge is -2.36. The van der Waals surface area contributed by atoms with Crippen molar-refractivity contribution in [3.63, 3.8) is 0 Å². The Morgan fingerprint density at radius 2 is 2.14 bits per heavy atom. The molecule has 6 heteroatoms. The van der Waals surface area contributed by atoms with Gasteiger partial charge in [0.05, 0.1) is 19.1 Å². The average Bonchev–Trinajstić information content (AvgIpc) is 2.72. The third kappa shape index (κ3) is 6.54. The van der Waals surface area contributed by atoms with E-state index in [4.69, 9.17) is 4.74 Å². The molecule has 3 rings (SSSR count). The zero-order valence-electron chi connectivity index (χ0n) is 17.5. The number of amides is 1. The maximum atomic E-state index is 12.9. The fourth-order valence-electron chi connectivity index (χ4n) is 4.37. The number of ether oxygens (including phenoxy) is 1. The second-order valence-corrected chi connectivity index (χ2v) is 8.61. The molecule has 0 aromatic carbocycles. The number of nitrogens with zero attached hydrogens (tertiary/aromatic N) is 3. The number of carbonyl (C=O) groups is 1. The van der Waals surface area contributed by atoms with Crippen molar-refractivity contribution < 1.29 is 9.53 Å². The molecule has 2 aliphatic heterocycles. The first-order valence-electron chi connectivity index (χ1n) is 10.8. The van der Waals surface area contributed by atoms with Crippen molar-refractivity contribution in [2.45, 2.75) is 45.7 Å². The molecule has 2 saturated heterocycles. The molecule has 0 radical (unpaired) electrons. The summed E-state index contributed by atoms with van der Waals surface area (Å²) < 4.78 is 5.50. The second kappa shape index (κ2) is 10.9. The largest absolute Gasteiger partial charge is 0.379 e. The lowest BCUT2D eigenvalue weighted by atomic mass is 9.96. The van der Waals surface area contributed by atoms with Crippen molar-refractivity contribution in [1.29, 1.82) is 0 Å². The lowest BCUT2D eigenvalue weighted by Crippen LogP contribution is -2.51. The Balaban J connectivity index is 1.49. The third-order valence-electron chi connectivity index (χ3n) is 5.82. The first kappa shape index (κ1) is 21.2. The van der Waals surface area contributed by atoms with Crippen LogP contribution >= 0.6 is 0 Å². The van der Waals surface area contributed by atoms with Gasteiger partial charge in [-0.1, -0.05) is 19.9 Å². The van der Waals surface area contributed by atoms with Gasteiger partial charge in [0.15, 0.2) is 0 Å². The van der Waals surface area contributed by atoms with Crippen LogP contribution in [0.25, 0.3) is 0 Å². The number of hydrogen-bond donors (Lipinski definition) is 1. The van der Waals surface area contributed by atoms with Crippen LogP contribution in [0, 0.1) is 11.8 Å². The predicted octanol–water partition coefficient (Wildman–Crippen LogP) is 2.16. The molecule has 0 bridgehead atoms. The fraction of sp³-hybridized carbons (Fsp3) is 0.727. The number of morpholine rings is 1. The molecule has 0 unspecified atom stereocenters. The normalized spacial score (nSPS) is 22.9. The molecule has 2 atom stereocenters. The Morgan fingerprint density at radius 1 is 1.32 bits per heavy atom. The number of nitrogens with one attached hydrogen (secondary N) is 1. The van der Waals surface area contributed by atoms with E-state index in [9.17, 15) is 4.79 Å². The summed E-state index contributed by atoms with van der Waals surface area (Å²) in [7, 11) is 0. The van der Waals surface area contributed by atoms with Gasteiger partial charge >= 0.3 is 0 Å². The number of aromatic nitrogens is 1. The molecule has 28 heavy (non-hydrogen) atoms. The maximum Gasteiger partial charge on any atom is 0.224 e. The summed E-state index contributed by atoms with van der Waals surface area (Å²) in [6.45, 7) is 11.6. The zero-order valence-corrected chi connectivity index (χ0v) is 17.5. The minimum Gasteiger partial charge on any atom is -0.379 e. The number of hydrogen-bond acceptors (Lipinski definition) is 5. The minimum atomic E-state index is 0.0924. The van der Waals surface area contributed by atoms with Gasteiger partial charge in [-0.25, -0.2) is 0 Å². The molecule has 156 valence electrons. The van der Waals surface area contributed by atoms with Gasteiger partial charge in [0.2, 0.25) is 5.91 Å². The van der Waals surface area contributed by atoms with Crippen LogP contribution in [0.4, 0.5) is 0 Å². The standard InChI is InChI=1S/C22H36N4O2/c1-18(2)13-21(26-9-11-28-12-10-26)15-24-22(27)20-6-4-8-25(17-20)16-19-5-3-7-23-14-19/h3,5,7,14,18,20-21H,4,6,8-13,15-17H2,1-2H3,(H,24,27)/t20-,21+/m0/s1. The van der Waals surface area contributed by atoms with Crippen molar-refractivity contribution in [1.82, 2.24) is 20.1 Å². The fourth-order valence-corrected chi connectivity index (χ4v) is 4.37. The van der Waals surface area contributed by atoms with Crippen molar-refractivity contribution in [2.24, 2.45) is 11.8 Å². The molecule has 3 heterocycles. The van der Waals surface area contributed by atoms with E-state index in [0.717, 1.165) is 71.7 Å². The summed E-state index contributed by atoms with van der Waals surface area (Å²) in [6, 6.07) is 4.49. The van der Waals surface area contributed by atoms with Crippen LogP contribution in [0.3, 0.4) is 0 Å². The van der Waals surface area contributed by atoms with Gasteiger partial charge in [-0.15, -0.1) is 0 Å². The summed E-state index contributed by atoms with van der Waals surface area (Å²) in [5, 5.41) is 3.28. The summed E-state index contributed by atoms with van der Waals surface area (Å²) in [4.78, 5) is 22.0. The van der Waals surface area contributed by atoms with E-state index in [0.29, 0.717) is 12.0 Å². The Bertz CT molecular complexity index is 589. The van der Waals surface area contributed by atoms with Gasteiger partial charge in [0.1, 0.15) is 0 Å². The molecule has 1 aromatic rings. The molecular weight excluding hydrogens is 352 g/mol. The van der Waals surface area contributed by atoms with E-state index in [1.54, 1.807) is 6.20 Å². The van der Waals surface area contributed by atoms with Crippen molar-refractivity contribution >= 4 is 5.91 Å². The van der Waals surface area contributed by atoms with E-state index in [2.05, 4.69) is 40.0 Å². The monoisotopic (exact) mass is 388 g/mol. The Labute approximate surface area is 169 Å². The van der Waals surface area contributed by atoms with E-state index in [1.165, 1.54) is 5.56 Å². The topological polar surface area (TPSA) is 57.7 Å². The highest BCUT2D eigenvalue weighted by molar-refractivity contribution is 5.79. The van der Waals surface area contributed by atoms with Crippen molar-refractivity contribution in [2.75, 3.05) is 45.9 Å². The number of rotatable bonds is 8. The number of pyridine rings is 1. The lowest BCUT2D eigenvalue weighted by molar-refractivity contribution is -0.127. The average molecular weight is 389 g/mol. The van der Waals surface area contributed by atoms with Gasteiger partial charge in [-0.2, -0.15) is 0 Å². The van der Waals surface area contributed by atoms with Crippen LogP contribution < -0.4 is 5.32 Å². The predicted molar refractivity (Wildman–Crippen MR) is 111 cm³/mol. The van der Waals surface area contributed by atoms with Crippen molar-refractivity contribution in [3.05, 3.63) is 30.1 Å². The van der Waals surface area contributed by atoms with Crippen LogP contribution in [-0.2, 0) is 16.1 Å². The van der Waals surface area contributed by atoms with Crippen molar-refractivity contribution in [3.8, 4) is 0 Å². The Kier molecular flexibility index (Phi) is 8.25. The first-order chi connectivity index (χ1) is 13.6. The molecule has 2 fully saturated rings. The molecule has 1 N–H and O–H groups in total.